The van der Waals surface area contributed by atoms with E-state index in [1.807, 2.05) is 24.3 Å². The molecule has 2 unspecified atom stereocenters. The van der Waals surface area contributed by atoms with Crippen LogP contribution in [0.2, 0.25) is 10.0 Å². The van der Waals surface area contributed by atoms with Gasteiger partial charge in [-0.25, -0.2) is 45.0 Å². The molecule has 80 heavy (non-hydrogen) atoms. The van der Waals surface area contributed by atoms with Gasteiger partial charge in [-0.3, -0.25) is 9.80 Å². The Morgan fingerprint density at radius 2 is 0.863 bits per heavy atom. The maximum absolute atomic E-state index is 12.7. The number of halogens is 2. The number of carboxylic acids is 2. The van der Waals surface area contributed by atoms with Crippen molar-refractivity contribution in [2.45, 2.75) is 35.1 Å². The second-order valence-electron chi connectivity index (χ2n) is 19.0. The number of carboxylic acid groups (broad SMARTS) is 2. The number of piperazine rings is 2. The number of aliphatic carboxylic acids is 2. The van der Waals surface area contributed by atoms with Crippen LogP contribution in [-0.2, 0) is 42.7 Å². The summed E-state index contributed by atoms with van der Waals surface area (Å²) in [5.41, 5.74) is 4.94. The highest BCUT2D eigenvalue weighted by Gasteiger charge is 2.29. The summed E-state index contributed by atoms with van der Waals surface area (Å²) in [6, 6.07) is 29.6. The maximum Gasteiger partial charge on any atom is 0.335 e. The molecular formula is C52H66Cl2N14O10S2. The first-order chi connectivity index (χ1) is 37.9. The SMILES string of the molecule is CN1CCN(Cc2ccc(Nc3ncc(Cl)c(Nc4ccccc4S(=O)(=O)N(C)C)n3)cc2)CC1.CN1CCN(Cc2ccc(Nc3ncc(Cl)c(Nc4ccccc4S(=O)(=O)N(C)C)n3)cc2)CC1.O=C(O)C(O)C(O)C(=O)O. The van der Waals surface area contributed by atoms with Crippen LogP contribution in [0.4, 0.5) is 46.3 Å². The molecule has 2 aliphatic rings. The first kappa shape index (κ1) is 62.5. The third-order valence-electron chi connectivity index (χ3n) is 12.5. The van der Waals surface area contributed by atoms with Crippen LogP contribution in [0.1, 0.15) is 11.1 Å². The smallest absolute Gasteiger partial charge is 0.335 e. The van der Waals surface area contributed by atoms with E-state index in [-0.39, 0.29) is 19.8 Å². The van der Waals surface area contributed by atoms with Gasteiger partial charge in [0.1, 0.15) is 19.8 Å². The molecule has 28 heteroatoms. The predicted molar refractivity (Wildman–Crippen MR) is 308 cm³/mol. The third-order valence-corrected chi connectivity index (χ3v) is 16.8. The molecule has 4 aromatic carbocycles. The van der Waals surface area contributed by atoms with Gasteiger partial charge in [0, 0.05) is 105 Å². The van der Waals surface area contributed by atoms with E-state index >= 15 is 0 Å². The van der Waals surface area contributed by atoms with Crippen LogP contribution in [0, 0.1) is 0 Å². The van der Waals surface area contributed by atoms with E-state index < -0.39 is 44.2 Å². The minimum Gasteiger partial charge on any atom is -0.479 e. The van der Waals surface area contributed by atoms with Crippen molar-refractivity contribution in [1.82, 2.24) is 48.1 Å². The van der Waals surface area contributed by atoms with Gasteiger partial charge in [-0.15, -0.1) is 0 Å². The topological polar surface area (TPSA) is 302 Å². The molecule has 4 heterocycles. The highest BCUT2D eigenvalue weighted by Crippen LogP contribution is 2.32. The number of nitrogens with one attached hydrogen (secondary N) is 4. The van der Waals surface area contributed by atoms with E-state index in [4.69, 9.17) is 43.6 Å². The number of likely N-dealkylation sites (N-methyl/N-ethyl adjacent to an activating group) is 2. The summed E-state index contributed by atoms with van der Waals surface area (Å²) in [5, 5.41) is 45.5. The number of aromatic nitrogens is 4. The van der Waals surface area contributed by atoms with Gasteiger partial charge in [-0.1, -0.05) is 71.7 Å². The molecule has 0 amide bonds. The average Bonchev–Trinajstić information content (AvgIpc) is 3.44. The van der Waals surface area contributed by atoms with Crippen LogP contribution in [0.5, 0.6) is 0 Å². The van der Waals surface area contributed by atoms with Gasteiger partial charge < -0.3 is 51.5 Å². The average molecular weight is 1180 g/mol. The van der Waals surface area contributed by atoms with Crippen LogP contribution < -0.4 is 21.3 Å². The largest absolute Gasteiger partial charge is 0.479 e. The molecule has 8 N–H and O–H groups in total. The molecule has 2 saturated heterocycles. The molecule has 0 radical (unpaired) electrons. The predicted octanol–water partition coefficient (Wildman–Crippen LogP) is 5.11. The normalized spacial score (nSPS) is 15.4. The fourth-order valence-electron chi connectivity index (χ4n) is 7.71. The number of anilines is 8. The van der Waals surface area contributed by atoms with Crippen molar-refractivity contribution in [1.29, 1.82) is 0 Å². The summed E-state index contributed by atoms with van der Waals surface area (Å²) in [6.45, 7) is 10.5. The second kappa shape index (κ2) is 28.7. The molecule has 0 aliphatic carbocycles. The van der Waals surface area contributed by atoms with Crippen molar-refractivity contribution in [3.05, 3.63) is 131 Å². The summed E-state index contributed by atoms with van der Waals surface area (Å²) >= 11 is 12.6. The Balaban J connectivity index is 0.000000221. The molecule has 6 aromatic rings. The van der Waals surface area contributed by atoms with Gasteiger partial charge in [-0.05, 0) is 73.8 Å². The third kappa shape index (κ3) is 17.7. The Bertz CT molecular complexity index is 3050. The van der Waals surface area contributed by atoms with Crippen molar-refractivity contribution in [3.8, 4) is 0 Å². The Morgan fingerprint density at radius 1 is 0.537 bits per heavy atom. The first-order valence-electron chi connectivity index (χ1n) is 24.9. The van der Waals surface area contributed by atoms with E-state index in [1.54, 1.807) is 36.4 Å². The highest BCUT2D eigenvalue weighted by atomic mass is 35.5. The van der Waals surface area contributed by atoms with E-state index in [2.05, 4.69) is 99.2 Å². The number of rotatable bonds is 19. The lowest BCUT2D eigenvalue weighted by molar-refractivity contribution is -0.165. The number of aliphatic hydroxyl groups excluding tert-OH is 2. The Labute approximate surface area is 475 Å². The number of aliphatic hydroxyl groups is 2. The second-order valence-corrected chi connectivity index (χ2v) is 24.0. The van der Waals surface area contributed by atoms with Crippen molar-refractivity contribution in [3.63, 3.8) is 0 Å². The van der Waals surface area contributed by atoms with Gasteiger partial charge in [0.2, 0.25) is 31.9 Å². The molecule has 24 nitrogen and oxygen atoms in total. The number of hydrogen-bond acceptors (Lipinski definition) is 20. The zero-order valence-corrected chi connectivity index (χ0v) is 48.0. The number of nitrogens with zero attached hydrogens (tertiary/aromatic N) is 10. The lowest BCUT2D eigenvalue weighted by Gasteiger charge is -2.32. The molecule has 0 saturated carbocycles. The van der Waals surface area contributed by atoms with Gasteiger partial charge in [0.05, 0.1) is 23.8 Å². The Kier molecular flexibility index (Phi) is 22.4. The number of carbonyl (C=O) groups is 2. The minimum absolute atomic E-state index is 0.130. The van der Waals surface area contributed by atoms with E-state index in [1.165, 1.54) is 63.8 Å². The first-order valence-corrected chi connectivity index (χ1v) is 28.5. The Hall–Kier alpha value is -6.66. The molecular weight excluding hydrogens is 1120 g/mol. The number of hydrogen-bond donors (Lipinski definition) is 8. The van der Waals surface area contributed by atoms with Crippen LogP contribution >= 0.6 is 23.2 Å². The van der Waals surface area contributed by atoms with Gasteiger partial charge >= 0.3 is 11.9 Å². The zero-order valence-electron chi connectivity index (χ0n) is 44.9. The number of benzene rings is 4. The van der Waals surface area contributed by atoms with Gasteiger partial charge in [0.15, 0.2) is 23.8 Å². The minimum atomic E-state index is -3.65. The van der Waals surface area contributed by atoms with E-state index in [9.17, 15) is 26.4 Å². The molecule has 2 fully saturated rings. The maximum atomic E-state index is 12.7. The van der Waals surface area contributed by atoms with E-state index in [0.29, 0.717) is 34.9 Å². The fourth-order valence-corrected chi connectivity index (χ4v) is 10.1. The number of sulfonamides is 2. The van der Waals surface area contributed by atoms with Crippen molar-refractivity contribution < 1.29 is 46.9 Å². The van der Waals surface area contributed by atoms with Crippen molar-refractivity contribution in [2.75, 3.05) is 116 Å². The Morgan fingerprint density at radius 3 is 1.18 bits per heavy atom. The van der Waals surface area contributed by atoms with Crippen LogP contribution in [0.3, 0.4) is 0 Å². The molecule has 2 atom stereocenters. The summed E-state index contributed by atoms with van der Waals surface area (Å²) < 4.78 is 53.2. The van der Waals surface area contributed by atoms with Crippen molar-refractivity contribution >= 4 is 101 Å². The summed E-state index contributed by atoms with van der Waals surface area (Å²) in [4.78, 5) is 46.9. The highest BCUT2D eigenvalue weighted by molar-refractivity contribution is 7.89. The standard InChI is InChI=1S/2C24H30ClN7O2S.C4H6O6/c2*1-30(2)35(33,34)22-7-5-4-6-21(22)28-23-20(25)16-26-24(29-23)27-19-10-8-18(9-11-19)17-32-14-12-31(3)13-15-32;5-1(3(7)8)2(6)4(9)10/h2*4-11,16H,12-15,17H2,1-3H3,(H2,26,27,28,29);1-2,5-6H,(H,7,8)(H,9,10). The zero-order chi connectivity index (χ0) is 58.3. The summed E-state index contributed by atoms with van der Waals surface area (Å²) in [5.74, 6) is -2.24. The van der Waals surface area contributed by atoms with Crippen LogP contribution in [-0.4, -0.2) is 204 Å². The summed E-state index contributed by atoms with van der Waals surface area (Å²) in [6.07, 6.45) is -1.58. The van der Waals surface area contributed by atoms with Crippen molar-refractivity contribution in [2.24, 2.45) is 0 Å². The monoisotopic (exact) mass is 1180 g/mol. The lowest BCUT2D eigenvalue weighted by atomic mass is 10.2. The summed E-state index contributed by atoms with van der Waals surface area (Å²) in [7, 11) is 2.95. The number of para-hydroxylation sites is 2. The fraction of sp³-hybridized carbons (Fsp3) is 0.346. The molecule has 430 valence electrons. The quantitative estimate of drug-likeness (QED) is 0.0523. The molecule has 0 spiro atoms. The van der Waals surface area contributed by atoms with Gasteiger partial charge in [0.25, 0.3) is 0 Å². The molecule has 8 rings (SSSR count). The molecule has 0 bridgehead atoms. The lowest BCUT2D eigenvalue weighted by Crippen LogP contribution is -2.43. The van der Waals surface area contributed by atoms with E-state index in [0.717, 1.165) is 85.4 Å². The van der Waals surface area contributed by atoms with Crippen LogP contribution in [0.15, 0.2) is 119 Å². The van der Waals surface area contributed by atoms with Crippen LogP contribution in [0.25, 0.3) is 0 Å². The molecule has 2 aliphatic heterocycles. The molecule has 2 aromatic heterocycles. The van der Waals surface area contributed by atoms with Gasteiger partial charge in [-0.2, -0.15) is 9.97 Å².